The van der Waals surface area contributed by atoms with Gasteiger partial charge in [-0.05, 0) is 75.4 Å². The zero-order valence-electron chi connectivity index (χ0n) is 17.4. The van der Waals surface area contributed by atoms with Crippen LogP contribution in [-0.4, -0.2) is 26.2 Å². The number of aromatic nitrogens is 3. The van der Waals surface area contributed by atoms with Gasteiger partial charge in [0, 0.05) is 22.0 Å². The summed E-state index contributed by atoms with van der Waals surface area (Å²) in [7, 11) is 0. The molecule has 0 spiro atoms. The first-order valence-corrected chi connectivity index (χ1v) is 10.5. The van der Waals surface area contributed by atoms with Crippen molar-refractivity contribution in [3.63, 3.8) is 0 Å². The average Bonchev–Trinajstić information content (AvgIpc) is 3.06. The van der Waals surface area contributed by atoms with E-state index in [2.05, 4.69) is 26.2 Å². The van der Waals surface area contributed by atoms with Gasteiger partial charge in [0.05, 0.1) is 16.6 Å². The third kappa shape index (κ3) is 4.54. The van der Waals surface area contributed by atoms with Gasteiger partial charge in [0.2, 0.25) is 0 Å². The van der Waals surface area contributed by atoms with Crippen molar-refractivity contribution in [2.75, 3.05) is 11.1 Å². The molecule has 0 aliphatic rings. The molecule has 4 rings (SSSR count). The number of amides is 1. The van der Waals surface area contributed by atoms with Crippen LogP contribution in [0.15, 0.2) is 65.3 Å². The fraction of sp³-hybridized carbons (Fsp3) is 0.174. The predicted octanol–water partition coefficient (Wildman–Crippen LogP) is 5.78. The van der Waals surface area contributed by atoms with Crippen molar-refractivity contribution in [3.8, 4) is 17.1 Å². The van der Waals surface area contributed by atoms with E-state index in [0.29, 0.717) is 17.3 Å². The number of fused-ring (bicyclic) bond motifs is 1. The summed E-state index contributed by atoms with van der Waals surface area (Å²) in [5.74, 6) is 1.09. The van der Waals surface area contributed by atoms with Crippen LogP contribution in [0.5, 0.6) is 0 Å². The average molecular weight is 480 g/mol. The summed E-state index contributed by atoms with van der Waals surface area (Å²) < 4.78 is 8.27. The fourth-order valence-electron chi connectivity index (χ4n) is 3.21. The molecule has 0 radical (unpaired) electrons. The van der Waals surface area contributed by atoms with E-state index in [1.165, 1.54) is 0 Å². The van der Waals surface area contributed by atoms with E-state index in [4.69, 9.17) is 15.5 Å². The molecule has 0 saturated heterocycles. The number of carbonyl (C=O) groups excluding carboxylic acids is 1. The number of hydrogen-bond donors (Lipinski definition) is 2. The van der Waals surface area contributed by atoms with E-state index in [1.54, 1.807) is 6.20 Å². The van der Waals surface area contributed by atoms with Crippen LogP contribution in [-0.2, 0) is 4.74 Å². The summed E-state index contributed by atoms with van der Waals surface area (Å²) in [5, 5.41) is 2.75. The molecule has 7 nitrogen and oxygen atoms in total. The monoisotopic (exact) mass is 479 g/mol. The van der Waals surface area contributed by atoms with E-state index in [1.807, 2.05) is 79.9 Å². The lowest BCUT2D eigenvalue weighted by molar-refractivity contribution is 0.0636. The lowest BCUT2D eigenvalue weighted by Crippen LogP contribution is -2.27. The largest absolute Gasteiger partial charge is 0.444 e. The summed E-state index contributed by atoms with van der Waals surface area (Å²) in [6.07, 6.45) is 1.15. The van der Waals surface area contributed by atoms with Crippen molar-refractivity contribution in [2.45, 2.75) is 26.4 Å². The third-order valence-corrected chi connectivity index (χ3v) is 4.96. The maximum atomic E-state index is 12.1. The second-order valence-electron chi connectivity index (χ2n) is 8.01. The maximum absolute atomic E-state index is 12.1. The van der Waals surface area contributed by atoms with Gasteiger partial charge >= 0.3 is 6.09 Å². The zero-order chi connectivity index (χ0) is 22.2. The molecule has 0 aliphatic heterocycles. The Morgan fingerprint density at radius 2 is 1.87 bits per heavy atom. The SMILES string of the molecule is CC(C)(C)OC(=O)Nc1ccc(-n2c(-c3cccnc3N)nc3ccc(Br)cc32)cc1. The Labute approximate surface area is 188 Å². The van der Waals surface area contributed by atoms with E-state index in [-0.39, 0.29) is 0 Å². The molecule has 0 unspecified atom stereocenters. The number of nitrogens with one attached hydrogen (secondary N) is 1. The van der Waals surface area contributed by atoms with Crippen molar-refractivity contribution < 1.29 is 9.53 Å². The molecule has 2 heterocycles. The van der Waals surface area contributed by atoms with E-state index >= 15 is 0 Å². The molecule has 158 valence electrons. The lowest BCUT2D eigenvalue weighted by atomic mass is 10.2. The minimum atomic E-state index is -0.564. The molecule has 0 atom stereocenters. The van der Waals surface area contributed by atoms with Gasteiger partial charge in [0.1, 0.15) is 17.2 Å². The van der Waals surface area contributed by atoms with Crippen molar-refractivity contribution in [2.24, 2.45) is 0 Å². The summed E-state index contributed by atoms with van der Waals surface area (Å²) >= 11 is 3.54. The number of ether oxygens (including phenoxy) is 1. The number of nitrogens with zero attached hydrogens (tertiary/aromatic N) is 3. The highest BCUT2D eigenvalue weighted by Gasteiger charge is 2.18. The van der Waals surface area contributed by atoms with Crippen molar-refractivity contribution in [1.82, 2.24) is 14.5 Å². The number of imidazole rings is 1. The molecule has 2 aromatic carbocycles. The minimum Gasteiger partial charge on any atom is -0.444 e. The Kier molecular flexibility index (Phi) is 5.41. The van der Waals surface area contributed by atoms with Crippen LogP contribution >= 0.6 is 15.9 Å². The van der Waals surface area contributed by atoms with Crippen LogP contribution in [0.3, 0.4) is 0 Å². The lowest BCUT2D eigenvalue weighted by Gasteiger charge is -2.19. The summed E-state index contributed by atoms with van der Waals surface area (Å²) in [5.41, 5.74) is 9.57. The Balaban J connectivity index is 1.77. The highest BCUT2D eigenvalue weighted by molar-refractivity contribution is 9.10. The molecular formula is C23H22BrN5O2. The molecular weight excluding hydrogens is 458 g/mol. The Morgan fingerprint density at radius 3 is 2.55 bits per heavy atom. The second-order valence-corrected chi connectivity index (χ2v) is 8.93. The van der Waals surface area contributed by atoms with Crippen LogP contribution in [0.4, 0.5) is 16.3 Å². The van der Waals surface area contributed by atoms with Gasteiger partial charge in [-0.3, -0.25) is 9.88 Å². The first-order valence-electron chi connectivity index (χ1n) is 9.70. The predicted molar refractivity (Wildman–Crippen MR) is 126 cm³/mol. The highest BCUT2D eigenvalue weighted by Crippen LogP contribution is 2.32. The Bertz CT molecular complexity index is 1260. The molecule has 3 N–H and O–H groups in total. The smallest absolute Gasteiger partial charge is 0.412 e. The number of rotatable bonds is 3. The van der Waals surface area contributed by atoms with E-state index in [9.17, 15) is 4.79 Å². The van der Waals surface area contributed by atoms with Crippen LogP contribution in [0.2, 0.25) is 0 Å². The number of nitrogen functional groups attached to an aromatic ring is 1. The van der Waals surface area contributed by atoms with Gasteiger partial charge in [0.15, 0.2) is 0 Å². The van der Waals surface area contributed by atoms with E-state index in [0.717, 1.165) is 26.8 Å². The fourth-order valence-corrected chi connectivity index (χ4v) is 3.56. The molecule has 4 aromatic rings. The molecule has 31 heavy (non-hydrogen) atoms. The van der Waals surface area contributed by atoms with Gasteiger partial charge in [-0.15, -0.1) is 0 Å². The second kappa shape index (κ2) is 8.03. The van der Waals surface area contributed by atoms with Gasteiger partial charge in [0.25, 0.3) is 0 Å². The quantitative estimate of drug-likeness (QED) is 0.388. The standard InChI is InChI=1S/C23H22BrN5O2/c1-23(2,3)31-22(30)27-15-7-9-16(10-8-15)29-19-13-14(24)6-11-18(19)28-21(29)17-5-4-12-26-20(17)25/h4-13H,1-3H3,(H2,25,26)(H,27,30). The molecule has 0 saturated carbocycles. The van der Waals surface area contributed by atoms with Crippen LogP contribution in [0.25, 0.3) is 28.1 Å². The van der Waals surface area contributed by atoms with Crippen molar-refractivity contribution in [3.05, 3.63) is 65.3 Å². The topological polar surface area (TPSA) is 95.1 Å². The molecule has 1 amide bonds. The van der Waals surface area contributed by atoms with Gasteiger partial charge in [-0.2, -0.15) is 0 Å². The first-order chi connectivity index (χ1) is 14.7. The number of carbonyl (C=O) groups is 1. The number of hydrogen-bond acceptors (Lipinski definition) is 5. The third-order valence-electron chi connectivity index (χ3n) is 4.47. The number of anilines is 2. The van der Waals surface area contributed by atoms with Crippen molar-refractivity contribution >= 4 is 44.6 Å². The zero-order valence-corrected chi connectivity index (χ0v) is 19.0. The Hall–Kier alpha value is -3.39. The number of benzene rings is 2. The molecule has 0 aliphatic carbocycles. The molecule has 0 fully saturated rings. The van der Waals surface area contributed by atoms with Crippen LogP contribution in [0, 0.1) is 0 Å². The first kappa shape index (κ1) is 20.9. The highest BCUT2D eigenvalue weighted by atomic mass is 79.9. The number of nitrogens with two attached hydrogens (primary N) is 1. The Morgan fingerprint density at radius 1 is 1.13 bits per heavy atom. The van der Waals surface area contributed by atoms with Crippen molar-refractivity contribution in [1.29, 1.82) is 0 Å². The summed E-state index contributed by atoms with van der Waals surface area (Å²) in [6, 6.07) is 17.1. The van der Waals surface area contributed by atoms with Gasteiger partial charge in [-0.25, -0.2) is 14.8 Å². The number of halogens is 1. The molecule has 0 bridgehead atoms. The molecule has 8 heteroatoms. The maximum Gasteiger partial charge on any atom is 0.412 e. The number of pyridine rings is 1. The van der Waals surface area contributed by atoms with E-state index < -0.39 is 11.7 Å². The van der Waals surface area contributed by atoms with Crippen LogP contribution in [0.1, 0.15) is 20.8 Å². The normalized spacial score (nSPS) is 11.5. The minimum absolute atomic E-state index is 0.404. The summed E-state index contributed by atoms with van der Waals surface area (Å²) in [6.45, 7) is 5.47. The van der Waals surface area contributed by atoms with Crippen LogP contribution < -0.4 is 11.1 Å². The van der Waals surface area contributed by atoms with Gasteiger partial charge < -0.3 is 10.5 Å². The molecule has 2 aromatic heterocycles. The van der Waals surface area contributed by atoms with Gasteiger partial charge in [-0.1, -0.05) is 15.9 Å². The summed E-state index contributed by atoms with van der Waals surface area (Å²) in [4.78, 5) is 21.1.